The van der Waals surface area contributed by atoms with Gasteiger partial charge in [-0.05, 0) is 19.8 Å². The lowest BCUT2D eigenvalue weighted by Gasteiger charge is -2.35. The van der Waals surface area contributed by atoms with Gasteiger partial charge in [-0.1, -0.05) is 19.0 Å². The molecule has 0 radical (unpaired) electrons. The molecule has 0 spiro atoms. The van der Waals surface area contributed by atoms with Crippen molar-refractivity contribution in [2.45, 2.75) is 45.4 Å². The highest BCUT2D eigenvalue weighted by Gasteiger charge is 2.31. The first kappa shape index (κ1) is 17.0. The lowest BCUT2D eigenvalue weighted by atomic mass is 10.2. The van der Waals surface area contributed by atoms with E-state index in [0.29, 0.717) is 30.6 Å². The molecule has 1 aliphatic heterocycles. The van der Waals surface area contributed by atoms with Crippen LogP contribution in [0.15, 0.2) is 16.7 Å². The molecule has 7 heteroatoms. The maximum atomic E-state index is 12.7. The fourth-order valence-electron chi connectivity index (χ4n) is 3.25. The minimum atomic E-state index is -0.0398. The number of carbonyl (C=O) groups is 1. The maximum Gasteiger partial charge on any atom is 0.276 e. The standard InChI is InChI=1S/C19H25N5O2/c1-12(2)18-20-13(3)10-17(21-18)23-6-8-24(9-7-23)19(25)15-11-16(26-22-15)14-4-5-14/h10-12,14H,4-9H2,1-3H3. The minimum Gasteiger partial charge on any atom is -0.360 e. The van der Waals surface area contributed by atoms with Crippen LogP contribution in [0.1, 0.15) is 66.3 Å². The molecule has 4 rings (SSSR count). The summed E-state index contributed by atoms with van der Waals surface area (Å²) >= 11 is 0. The van der Waals surface area contributed by atoms with Crippen molar-refractivity contribution in [2.75, 3.05) is 31.1 Å². The molecule has 0 aromatic carbocycles. The predicted molar refractivity (Wildman–Crippen MR) is 97.5 cm³/mol. The van der Waals surface area contributed by atoms with Crippen LogP contribution in [0.2, 0.25) is 0 Å². The molecule has 1 saturated carbocycles. The molecule has 1 saturated heterocycles. The third kappa shape index (κ3) is 3.43. The molecule has 1 aliphatic carbocycles. The van der Waals surface area contributed by atoms with E-state index in [1.807, 2.05) is 24.0 Å². The quantitative estimate of drug-likeness (QED) is 0.839. The van der Waals surface area contributed by atoms with Gasteiger partial charge < -0.3 is 14.3 Å². The summed E-state index contributed by atoms with van der Waals surface area (Å²) < 4.78 is 5.31. The largest absolute Gasteiger partial charge is 0.360 e. The van der Waals surface area contributed by atoms with Crippen molar-refractivity contribution in [2.24, 2.45) is 0 Å². The van der Waals surface area contributed by atoms with Gasteiger partial charge in [-0.2, -0.15) is 0 Å². The second-order valence-electron chi connectivity index (χ2n) is 7.55. The monoisotopic (exact) mass is 355 g/mol. The Balaban J connectivity index is 1.41. The number of amides is 1. The molecule has 26 heavy (non-hydrogen) atoms. The van der Waals surface area contributed by atoms with E-state index in [0.717, 1.165) is 49.0 Å². The lowest BCUT2D eigenvalue weighted by Crippen LogP contribution is -2.49. The normalized spacial score (nSPS) is 17.8. The van der Waals surface area contributed by atoms with Crippen molar-refractivity contribution in [1.82, 2.24) is 20.0 Å². The summed E-state index contributed by atoms with van der Waals surface area (Å²) in [5.74, 6) is 3.40. The van der Waals surface area contributed by atoms with E-state index < -0.39 is 0 Å². The zero-order valence-electron chi connectivity index (χ0n) is 15.6. The molecule has 7 nitrogen and oxygen atoms in total. The molecule has 2 aliphatic rings. The number of nitrogens with zero attached hydrogens (tertiary/aromatic N) is 5. The summed E-state index contributed by atoms with van der Waals surface area (Å²) in [5.41, 5.74) is 1.41. The van der Waals surface area contributed by atoms with Gasteiger partial charge in [0.2, 0.25) is 0 Å². The van der Waals surface area contributed by atoms with Crippen LogP contribution >= 0.6 is 0 Å². The minimum absolute atomic E-state index is 0.0398. The summed E-state index contributed by atoms with van der Waals surface area (Å²) in [5, 5.41) is 3.97. The van der Waals surface area contributed by atoms with Crippen LogP contribution in [0.25, 0.3) is 0 Å². The van der Waals surface area contributed by atoms with Crippen molar-refractivity contribution in [3.8, 4) is 0 Å². The van der Waals surface area contributed by atoms with Gasteiger partial charge in [0.05, 0.1) is 0 Å². The molecule has 0 N–H and O–H groups in total. The molecule has 1 amide bonds. The van der Waals surface area contributed by atoms with Crippen molar-refractivity contribution in [3.05, 3.63) is 35.1 Å². The number of hydrogen-bond donors (Lipinski definition) is 0. The van der Waals surface area contributed by atoms with Crippen molar-refractivity contribution in [3.63, 3.8) is 0 Å². The molecule has 0 bridgehead atoms. The third-order valence-corrected chi connectivity index (χ3v) is 4.99. The van der Waals surface area contributed by atoms with E-state index in [-0.39, 0.29) is 5.91 Å². The first-order valence-corrected chi connectivity index (χ1v) is 9.37. The van der Waals surface area contributed by atoms with Crippen LogP contribution in [0.3, 0.4) is 0 Å². The number of anilines is 1. The van der Waals surface area contributed by atoms with Gasteiger partial charge in [-0.25, -0.2) is 9.97 Å². The Kier molecular flexibility index (Phi) is 4.38. The van der Waals surface area contributed by atoms with Crippen LogP contribution in [0.4, 0.5) is 5.82 Å². The molecular formula is C19H25N5O2. The number of carbonyl (C=O) groups excluding carboxylic acids is 1. The Morgan fingerprint density at radius 3 is 2.54 bits per heavy atom. The van der Waals surface area contributed by atoms with E-state index in [9.17, 15) is 4.79 Å². The summed E-state index contributed by atoms with van der Waals surface area (Å²) in [6.45, 7) is 9.03. The molecule has 2 fully saturated rings. The van der Waals surface area contributed by atoms with Gasteiger partial charge in [-0.15, -0.1) is 0 Å². The second-order valence-corrected chi connectivity index (χ2v) is 7.55. The molecular weight excluding hydrogens is 330 g/mol. The summed E-state index contributed by atoms with van der Waals surface area (Å²) in [6, 6.07) is 3.83. The van der Waals surface area contributed by atoms with Gasteiger partial charge in [0.15, 0.2) is 5.69 Å². The Morgan fingerprint density at radius 1 is 1.15 bits per heavy atom. The number of aromatic nitrogens is 3. The molecule has 2 aromatic rings. The van der Waals surface area contributed by atoms with Crippen LogP contribution in [-0.2, 0) is 0 Å². The van der Waals surface area contributed by atoms with Crippen LogP contribution in [0, 0.1) is 6.92 Å². The Morgan fingerprint density at radius 2 is 1.88 bits per heavy atom. The summed E-state index contributed by atoms with van der Waals surface area (Å²) in [6.07, 6.45) is 2.27. The SMILES string of the molecule is Cc1cc(N2CCN(C(=O)c3cc(C4CC4)on3)CC2)nc(C(C)C)n1. The zero-order valence-corrected chi connectivity index (χ0v) is 15.6. The predicted octanol–water partition coefficient (Wildman–Crippen LogP) is 2.74. The molecule has 138 valence electrons. The number of hydrogen-bond acceptors (Lipinski definition) is 6. The second kappa shape index (κ2) is 6.70. The topological polar surface area (TPSA) is 75.4 Å². The van der Waals surface area contributed by atoms with Gasteiger partial charge >= 0.3 is 0 Å². The highest BCUT2D eigenvalue weighted by Crippen LogP contribution is 2.40. The van der Waals surface area contributed by atoms with E-state index in [1.54, 1.807) is 0 Å². The highest BCUT2D eigenvalue weighted by molar-refractivity contribution is 5.92. The fraction of sp³-hybridized carbons (Fsp3) is 0.579. The molecule has 0 atom stereocenters. The van der Waals surface area contributed by atoms with E-state index >= 15 is 0 Å². The zero-order chi connectivity index (χ0) is 18.3. The van der Waals surface area contributed by atoms with Gasteiger partial charge in [0.1, 0.15) is 17.4 Å². The van der Waals surface area contributed by atoms with Gasteiger partial charge in [-0.3, -0.25) is 4.79 Å². The smallest absolute Gasteiger partial charge is 0.276 e. The summed E-state index contributed by atoms with van der Waals surface area (Å²) in [7, 11) is 0. The first-order chi connectivity index (χ1) is 12.5. The lowest BCUT2D eigenvalue weighted by molar-refractivity contribution is 0.0736. The van der Waals surface area contributed by atoms with Crippen molar-refractivity contribution < 1.29 is 9.32 Å². The van der Waals surface area contributed by atoms with Crippen LogP contribution in [-0.4, -0.2) is 52.1 Å². The first-order valence-electron chi connectivity index (χ1n) is 9.37. The van der Waals surface area contributed by atoms with Crippen LogP contribution < -0.4 is 4.90 Å². The fourth-order valence-corrected chi connectivity index (χ4v) is 3.25. The van der Waals surface area contributed by atoms with Crippen LogP contribution in [0.5, 0.6) is 0 Å². The summed E-state index contributed by atoms with van der Waals surface area (Å²) in [4.78, 5) is 25.9. The average Bonchev–Trinajstić information content (AvgIpc) is 3.37. The highest BCUT2D eigenvalue weighted by atomic mass is 16.5. The van der Waals surface area contributed by atoms with E-state index in [4.69, 9.17) is 9.51 Å². The van der Waals surface area contributed by atoms with Gasteiger partial charge in [0, 0.05) is 55.8 Å². The molecule has 3 heterocycles. The number of rotatable bonds is 4. The maximum absolute atomic E-state index is 12.7. The average molecular weight is 355 g/mol. The molecule has 0 unspecified atom stereocenters. The van der Waals surface area contributed by atoms with Crippen molar-refractivity contribution >= 4 is 11.7 Å². The Hall–Kier alpha value is -2.44. The van der Waals surface area contributed by atoms with Gasteiger partial charge in [0.25, 0.3) is 5.91 Å². The Bertz CT molecular complexity index is 804. The third-order valence-electron chi connectivity index (χ3n) is 4.99. The Labute approximate surface area is 153 Å². The van der Waals surface area contributed by atoms with E-state index in [2.05, 4.69) is 28.9 Å². The number of aryl methyl sites for hydroxylation is 1. The molecule has 2 aromatic heterocycles. The number of piperazine rings is 1. The van der Waals surface area contributed by atoms with Crippen molar-refractivity contribution in [1.29, 1.82) is 0 Å². The van der Waals surface area contributed by atoms with E-state index in [1.165, 1.54) is 0 Å².